The summed E-state index contributed by atoms with van der Waals surface area (Å²) in [4.78, 5) is 29.8. The Bertz CT molecular complexity index is 1030. The Balaban J connectivity index is 2.82. The number of carbonyl (C=O) groups excluding carboxylic acids is 1. The summed E-state index contributed by atoms with van der Waals surface area (Å²) in [6.07, 6.45) is 1.53. The zero-order valence-electron chi connectivity index (χ0n) is 19.3. The lowest BCUT2D eigenvalue weighted by Crippen LogP contribution is -2.42. The molecular weight excluding hydrogens is 455 g/mol. The fraction of sp³-hybridized carbons (Fsp3) is 0.591. The van der Waals surface area contributed by atoms with Crippen LogP contribution in [0.5, 0.6) is 0 Å². The van der Waals surface area contributed by atoms with Crippen LogP contribution in [0.2, 0.25) is 15.2 Å². The van der Waals surface area contributed by atoms with Crippen LogP contribution in [-0.2, 0) is 9.16 Å². The maximum Gasteiger partial charge on any atom is 0.343 e. The van der Waals surface area contributed by atoms with Gasteiger partial charge in [-0.2, -0.15) is 0 Å². The number of aromatic nitrogens is 2. The summed E-state index contributed by atoms with van der Waals surface area (Å²) >= 11 is 12.4. The fourth-order valence-electron chi connectivity index (χ4n) is 3.60. The molecule has 31 heavy (non-hydrogen) atoms. The van der Waals surface area contributed by atoms with Crippen molar-refractivity contribution < 1.29 is 14.0 Å². The van der Waals surface area contributed by atoms with Gasteiger partial charge in [0.1, 0.15) is 16.2 Å². The van der Waals surface area contributed by atoms with E-state index in [1.807, 2.05) is 18.4 Å². The summed E-state index contributed by atoms with van der Waals surface area (Å²) in [5.74, 6) is -0.608. The molecule has 0 unspecified atom stereocenters. The van der Waals surface area contributed by atoms with E-state index >= 15 is 0 Å². The second-order valence-electron chi connectivity index (χ2n) is 9.37. The molecule has 0 spiro atoms. The molecule has 170 valence electrons. The molecule has 2 aromatic rings. The van der Waals surface area contributed by atoms with Gasteiger partial charge in [-0.3, -0.25) is 4.79 Å². The first-order chi connectivity index (χ1) is 14.2. The van der Waals surface area contributed by atoms with Crippen LogP contribution in [0, 0.1) is 5.92 Å². The molecule has 2 rings (SSSR count). The summed E-state index contributed by atoms with van der Waals surface area (Å²) in [6, 6.07) is 1.37. The number of hydrogen-bond acceptors (Lipinski definition) is 5. The van der Waals surface area contributed by atoms with Crippen molar-refractivity contribution in [3.05, 3.63) is 38.2 Å². The number of ether oxygens (including phenoxy) is 1. The van der Waals surface area contributed by atoms with Gasteiger partial charge in [0.25, 0.3) is 0 Å². The van der Waals surface area contributed by atoms with Crippen LogP contribution in [0.15, 0.2) is 17.1 Å². The van der Waals surface area contributed by atoms with E-state index in [2.05, 4.69) is 39.6 Å². The molecule has 2 radical (unpaired) electrons. The Kier molecular flexibility index (Phi) is 8.01. The molecule has 0 aliphatic heterocycles. The Labute approximate surface area is 196 Å². The highest BCUT2D eigenvalue weighted by atomic mass is 35.5. The third-order valence-electron chi connectivity index (χ3n) is 4.68. The second kappa shape index (κ2) is 9.61. The van der Waals surface area contributed by atoms with Crippen molar-refractivity contribution in [1.29, 1.82) is 0 Å². The van der Waals surface area contributed by atoms with Crippen LogP contribution in [-0.4, -0.2) is 37.5 Å². The minimum absolute atomic E-state index is 0.00110. The topological polar surface area (TPSA) is 70.4 Å². The molecule has 2 aromatic heterocycles. The molecule has 0 aliphatic rings. The van der Waals surface area contributed by atoms with Crippen molar-refractivity contribution in [3.8, 4) is 0 Å². The van der Waals surface area contributed by atoms with Crippen molar-refractivity contribution >= 4 is 50.0 Å². The molecular formula is C22H30Cl2N2O4Si. The van der Waals surface area contributed by atoms with Crippen molar-refractivity contribution in [1.82, 2.24) is 9.55 Å². The van der Waals surface area contributed by atoms with Gasteiger partial charge in [-0.15, -0.1) is 0 Å². The van der Waals surface area contributed by atoms with Crippen LogP contribution in [0.3, 0.4) is 0 Å². The van der Waals surface area contributed by atoms with Crippen LogP contribution in [0.4, 0.5) is 0 Å². The van der Waals surface area contributed by atoms with E-state index in [1.54, 1.807) is 13.0 Å². The first-order valence-electron chi connectivity index (χ1n) is 10.2. The SMILES string of the molecule is CCOC(=O)c1cn([C@@H](C(C)C)C(C)(C)O[Si]C(C)(C)C)c2cc(Cl)c(Cl)nc2c1=O. The van der Waals surface area contributed by atoms with E-state index < -0.39 is 17.0 Å². The van der Waals surface area contributed by atoms with Gasteiger partial charge < -0.3 is 13.7 Å². The van der Waals surface area contributed by atoms with Crippen molar-refractivity contribution in [2.24, 2.45) is 5.92 Å². The molecule has 1 atom stereocenters. The number of carbonyl (C=O) groups is 1. The normalized spacial score (nSPS) is 13.6. The third kappa shape index (κ3) is 5.89. The van der Waals surface area contributed by atoms with Gasteiger partial charge in [0.05, 0.1) is 28.8 Å². The first-order valence-corrected chi connectivity index (χ1v) is 11.9. The van der Waals surface area contributed by atoms with Crippen molar-refractivity contribution in [3.63, 3.8) is 0 Å². The number of rotatable bonds is 7. The van der Waals surface area contributed by atoms with Gasteiger partial charge in [-0.05, 0) is 37.8 Å². The molecule has 0 saturated carbocycles. The highest BCUT2D eigenvalue weighted by Gasteiger charge is 2.37. The largest absolute Gasteiger partial charge is 0.462 e. The number of esters is 1. The van der Waals surface area contributed by atoms with E-state index in [9.17, 15) is 9.59 Å². The predicted octanol–water partition coefficient (Wildman–Crippen LogP) is 5.71. The average molecular weight is 485 g/mol. The maximum atomic E-state index is 13.1. The standard InChI is InChI=1S/C22H30Cl2N2O4Si/c1-9-29-20(28)13-11-26(15-10-14(23)19(24)25-16(15)17(13)27)18(12(2)3)22(7,8)30-31-21(4,5)6/h10-12,18H,9H2,1-8H3/t18-/m0/s1. The van der Waals surface area contributed by atoms with Crippen molar-refractivity contribution in [2.45, 2.75) is 72.1 Å². The Morgan fingerprint density at radius 1 is 1.23 bits per heavy atom. The third-order valence-corrected chi connectivity index (χ3v) is 6.59. The van der Waals surface area contributed by atoms with Crippen LogP contribution in [0.1, 0.15) is 71.8 Å². The molecule has 0 fully saturated rings. The van der Waals surface area contributed by atoms with Gasteiger partial charge in [0, 0.05) is 6.20 Å². The quantitative estimate of drug-likeness (QED) is 0.285. The number of hydrogen-bond donors (Lipinski definition) is 0. The number of fused-ring (bicyclic) bond motifs is 1. The molecule has 0 bridgehead atoms. The van der Waals surface area contributed by atoms with E-state index in [0.29, 0.717) is 5.52 Å². The maximum absolute atomic E-state index is 13.1. The Morgan fingerprint density at radius 3 is 2.35 bits per heavy atom. The number of halogens is 2. The summed E-state index contributed by atoms with van der Waals surface area (Å²) in [5, 5.41) is 0.229. The monoisotopic (exact) mass is 484 g/mol. The minimum Gasteiger partial charge on any atom is -0.462 e. The predicted molar refractivity (Wildman–Crippen MR) is 126 cm³/mol. The number of nitrogens with zero attached hydrogens (tertiary/aromatic N) is 2. The summed E-state index contributed by atoms with van der Waals surface area (Å²) in [5.41, 5.74) is -0.706. The highest BCUT2D eigenvalue weighted by molar-refractivity contribution is 6.41. The van der Waals surface area contributed by atoms with Gasteiger partial charge >= 0.3 is 5.97 Å². The van der Waals surface area contributed by atoms with Gasteiger partial charge in [-0.1, -0.05) is 57.8 Å². The molecule has 6 nitrogen and oxygen atoms in total. The van der Waals surface area contributed by atoms with Gasteiger partial charge in [0.2, 0.25) is 15.2 Å². The number of pyridine rings is 2. The molecule has 0 saturated heterocycles. The zero-order chi connectivity index (χ0) is 23.7. The van der Waals surface area contributed by atoms with Crippen molar-refractivity contribution in [2.75, 3.05) is 6.61 Å². The molecule has 2 heterocycles. The summed E-state index contributed by atoms with van der Waals surface area (Å²) in [7, 11) is 0.257. The zero-order valence-corrected chi connectivity index (χ0v) is 21.8. The highest BCUT2D eigenvalue weighted by Crippen LogP contribution is 2.37. The van der Waals surface area contributed by atoms with E-state index in [4.69, 9.17) is 32.4 Å². The Hall–Kier alpha value is -1.41. The molecule has 0 N–H and O–H groups in total. The van der Waals surface area contributed by atoms with Gasteiger partial charge in [0.15, 0.2) is 0 Å². The average Bonchev–Trinajstić information content (AvgIpc) is 2.63. The van der Waals surface area contributed by atoms with E-state index in [0.717, 1.165) is 0 Å². The summed E-state index contributed by atoms with van der Waals surface area (Å²) < 4.78 is 13.4. The fourth-order valence-corrected chi connectivity index (χ4v) is 4.58. The first kappa shape index (κ1) is 25.8. The van der Waals surface area contributed by atoms with Crippen LogP contribution >= 0.6 is 23.2 Å². The van der Waals surface area contributed by atoms with Crippen LogP contribution < -0.4 is 5.43 Å². The van der Waals surface area contributed by atoms with Gasteiger partial charge in [-0.25, -0.2) is 9.78 Å². The summed E-state index contributed by atoms with van der Waals surface area (Å²) in [6.45, 7) is 16.3. The lowest BCUT2D eigenvalue weighted by Gasteiger charge is -2.41. The second-order valence-corrected chi connectivity index (χ2v) is 12.0. The molecule has 0 aliphatic carbocycles. The smallest absolute Gasteiger partial charge is 0.343 e. The molecule has 0 amide bonds. The molecule has 0 aromatic carbocycles. The van der Waals surface area contributed by atoms with Crippen LogP contribution in [0.25, 0.3) is 11.0 Å². The molecule has 9 heteroatoms. The van der Waals surface area contributed by atoms with E-state index in [1.165, 1.54) is 6.20 Å². The van der Waals surface area contributed by atoms with E-state index in [-0.39, 0.29) is 54.6 Å². The minimum atomic E-state index is -0.700. The lowest BCUT2D eigenvalue weighted by atomic mass is 9.88. The Morgan fingerprint density at radius 2 is 1.84 bits per heavy atom. The lowest BCUT2D eigenvalue weighted by molar-refractivity contribution is 0.0287.